The standard InChI is InChI=1S/C29H39N3O4/c1-35-29-9-8-27(14-19(29)15-31-25(34)20-3-2-11-30-20)22-13-18-6-7-21(33)24-23(18)28(27,26(29)36-24)10-12-32(22)16-17-4-5-17/h6-7,17,19-20,22,26,30,33H,2-5,8-16H2,1H3,(H,31,34)/t19-,20?,22-,26-,27-,28+,29-/m1/s1. The van der Waals surface area contributed by atoms with Crippen LogP contribution in [-0.4, -0.2) is 73.0 Å². The van der Waals surface area contributed by atoms with E-state index in [-0.39, 0.29) is 40.6 Å². The summed E-state index contributed by atoms with van der Waals surface area (Å²) >= 11 is 0. The van der Waals surface area contributed by atoms with Gasteiger partial charge in [0.05, 0.1) is 6.04 Å². The number of piperidine rings is 1. The molecule has 7 heteroatoms. The number of nitrogens with one attached hydrogen (secondary N) is 2. The smallest absolute Gasteiger partial charge is 0.237 e. The fourth-order valence-electron chi connectivity index (χ4n) is 10.0. The normalized spacial score (nSPS) is 43.8. The molecular formula is C29H39N3O4. The number of amides is 1. The molecule has 3 heterocycles. The van der Waals surface area contributed by atoms with Crippen molar-refractivity contribution in [3.63, 3.8) is 0 Å². The number of hydrogen-bond donors (Lipinski definition) is 3. The van der Waals surface area contributed by atoms with Crippen molar-refractivity contribution in [3.8, 4) is 11.5 Å². The summed E-state index contributed by atoms with van der Waals surface area (Å²) in [6.45, 7) is 3.88. The second-order valence-corrected chi connectivity index (χ2v) is 12.9. The van der Waals surface area contributed by atoms with Crippen molar-refractivity contribution in [2.45, 2.75) is 87.0 Å². The molecule has 194 valence electrons. The lowest BCUT2D eigenvalue weighted by atomic mass is 9.35. The van der Waals surface area contributed by atoms with Crippen LogP contribution in [-0.2, 0) is 21.4 Å². The van der Waals surface area contributed by atoms with Gasteiger partial charge in [0, 0.05) is 48.6 Å². The third-order valence-electron chi connectivity index (χ3n) is 11.7. The Morgan fingerprint density at radius 3 is 2.94 bits per heavy atom. The Labute approximate surface area is 213 Å². The minimum absolute atomic E-state index is 0.0663. The van der Waals surface area contributed by atoms with E-state index in [1.807, 2.05) is 13.2 Å². The number of phenolic OH excluding ortho intramolecular Hbond substituents is 1. The molecule has 5 aliphatic carbocycles. The molecule has 4 saturated carbocycles. The van der Waals surface area contributed by atoms with Gasteiger partial charge in [-0.15, -0.1) is 0 Å². The Bertz CT molecular complexity index is 1120. The molecule has 3 aliphatic heterocycles. The number of fused-ring (bicyclic) bond motifs is 2. The number of aromatic hydroxyl groups is 1. The molecule has 0 aromatic heterocycles. The van der Waals surface area contributed by atoms with E-state index in [2.05, 4.69) is 21.6 Å². The van der Waals surface area contributed by atoms with Crippen LogP contribution >= 0.6 is 0 Å². The monoisotopic (exact) mass is 493 g/mol. The lowest BCUT2D eigenvalue weighted by Gasteiger charge is -2.74. The van der Waals surface area contributed by atoms with Gasteiger partial charge in [-0.2, -0.15) is 0 Å². The van der Waals surface area contributed by atoms with Crippen LogP contribution in [0.4, 0.5) is 0 Å². The summed E-state index contributed by atoms with van der Waals surface area (Å²) in [4.78, 5) is 15.8. The van der Waals surface area contributed by atoms with Crippen LogP contribution in [0.25, 0.3) is 0 Å². The van der Waals surface area contributed by atoms with Gasteiger partial charge >= 0.3 is 0 Å². The van der Waals surface area contributed by atoms with Crippen molar-refractivity contribution >= 4 is 5.91 Å². The maximum Gasteiger partial charge on any atom is 0.237 e. The van der Waals surface area contributed by atoms with E-state index in [0.717, 1.165) is 69.7 Å². The summed E-state index contributed by atoms with van der Waals surface area (Å²) in [6.07, 6.45) is 9.87. The SMILES string of the molecule is CO[C@]12CC[C@@]3(C[C@@H]1CNC(=O)C1CCCN1)[C@H]1Cc4ccc(O)c5c4[C@@]3(CCN1CC1CC1)[C@H]2O5. The zero-order chi connectivity index (χ0) is 24.3. The third kappa shape index (κ3) is 2.58. The first kappa shape index (κ1) is 22.2. The Morgan fingerprint density at radius 1 is 1.28 bits per heavy atom. The molecule has 0 radical (unpaired) electrons. The molecular weight excluding hydrogens is 454 g/mol. The molecule has 1 amide bonds. The molecule has 7 nitrogen and oxygen atoms in total. The van der Waals surface area contributed by atoms with Crippen molar-refractivity contribution in [3.05, 3.63) is 23.3 Å². The average molecular weight is 494 g/mol. The molecule has 1 aromatic rings. The number of nitrogens with zero attached hydrogens (tertiary/aromatic N) is 1. The molecule has 8 aliphatic rings. The van der Waals surface area contributed by atoms with Gasteiger partial charge in [0.25, 0.3) is 0 Å². The zero-order valence-electron chi connectivity index (χ0n) is 21.4. The van der Waals surface area contributed by atoms with Crippen LogP contribution in [0, 0.1) is 17.3 Å². The maximum atomic E-state index is 13.0. The maximum absolute atomic E-state index is 13.0. The second-order valence-electron chi connectivity index (χ2n) is 12.9. The molecule has 1 unspecified atom stereocenters. The highest BCUT2D eigenvalue weighted by molar-refractivity contribution is 5.82. The number of hydrogen-bond acceptors (Lipinski definition) is 6. The molecule has 3 N–H and O–H groups in total. The molecule has 1 aromatic carbocycles. The predicted molar refractivity (Wildman–Crippen MR) is 134 cm³/mol. The second kappa shape index (κ2) is 7.39. The topological polar surface area (TPSA) is 83.1 Å². The van der Waals surface area contributed by atoms with Crippen molar-refractivity contribution < 1.29 is 19.4 Å². The van der Waals surface area contributed by atoms with Crippen LogP contribution in [0.5, 0.6) is 11.5 Å². The number of phenols is 1. The fraction of sp³-hybridized carbons (Fsp3) is 0.759. The lowest BCUT2D eigenvalue weighted by molar-refractivity contribution is -0.276. The van der Waals surface area contributed by atoms with Gasteiger partial charge in [-0.25, -0.2) is 0 Å². The third-order valence-corrected chi connectivity index (χ3v) is 11.7. The molecule has 9 rings (SSSR count). The molecule has 2 saturated heterocycles. The predicted octanol–water partition coefficient (Wildman–Crippen LogP) is 2.48. The van der Waals surface area contributed by atoms with Gasteiger partial charge in [0.15, 0.2) is 11.5 Å². The quantitative estimate of drug-likeness (QED) is 0.565. The average Bonchev–Trinajstić information content (AvgIpc) is 3.37. The van der Waals surface area contributed by atoms with Crippen LogP contribution in [0.15, 0.2) is 12.1 Å². The number of rotatable bonds is 6. The highest BCUT2D eigenvalue weighted by atomic mass is 16.6. The van der Waals surface area contributed by atoms with Crippen LogP contribution in [0.1, 0.15) is 62.5 Å². The number of benzene rings is 1. The van der Waals surface area contributed by atoms with Gasteiger partial charge in [0.1, 0.15) is 11.7 Å². The van der Waals surface area contributed by atoms with Crippen LogP contribution < -0.4 is 15.4 Å². The lowest BCUT2D eigenvalue weighted by Crippen LogP contribution is -2.81. The van der Waals surface area contributed by atoms with Gasteiger partial charge in [-0.05, 0) is 88.4 Å². The Kier molecular flexibility index (Phi) is 4.55. The zero-order valence-corrected chi connectivity index (χ0v) is 21.4. The van der Waals surface area contributed by atoms with Gasteiger partial charge in [-0.3, -0.25) is 9.69 Å². The Hall–Kier alpha value is -1.83. The summed E-state index contributed by atoms with van der Waals surface area (Å²) in [5, 5.41) is 17.6. The first-order chi connectivity index (χ1) is 17.5. The fourth-order valence-corrected chi connectivity index (χ4v) is 10.0. The van der Waals surface area contributed by atoms with Crippen molar-refractivity contribution in [1.29, 1.82) is 0 Å². The van der Waals surface area contributed by atoms with Crippen LogP contribution in [0.3, 0.4) is 0 Å². The number of carbonyl (C=O) groups excluding carboxylic acids is 1. The number of likely N-dealkylation sites (tertiary alicyclic amines) is 1. The summed E-state index contributed by atoms with van der Waals surface area (Å²) in [7, 11) is 1.85. The summed E-state index contributed by atoms with van der Waals surface area (Å²) in [5.41, 5.74) is 2.20. The summed E-state index contributed by atoms with van der Waals surface area (Å²) in [5.74, 6) is 2.18. The van der Waals surface area contributed by atoms with Gasteiger partial charge < -0.3 is 25.2 Å². The molecule has 4 bridgehead atoms. The van der Waals surface area contributed by atoms with Crippen molar-refractivity contribution in [2.24, 2.45) is 17.3 Å². The van der Waals surface area contributed by atoms with E-state index in [4.69, 9.17) is 9.47 Å². The van der Waals surface area contributed by atoms with E-state index in [1.165, 1.54) is 30.5 Å². The molecule has 6 fully saturated rings. The van der Waals surface area contributed by atoms with E-state index in [9.17, 15) is 9.90 Å². The first-order valence-electron chi connectivity index (χ1n) is 14.3. The van der Waals surface area contributed by atoms with Crippen LogP contribution in [0.2, 0.25) is 0 Å². The van der Waals surface area contributed by atoms with E-state index >= 15 is 0 Å². The first-order valence-corrected chi connectivity index (χ1v) is 14.3. The Morgan fingerprint density at radius 2 is 2.17 bits per heavy atom. The van der Waals surface area contributed by atoms with Crippen molar-refractivity contribution in [1.82, 2.24) is 15.5 Å². The molecule has 7 atom stereocenters. The van der Waals surface area contributed by atoms with Crippen molar-refractivity contribution in [2.75, 3.05) is 33.3 Å². The minimum Gasteiger partial charge on any atom is -0.504 e. The highest BCUT2D eigenvalue weighted by Crippen LogP contribution is 2.76. The highest BCUT2D eigenvalue weighted by Gasteiger charge is 2.80. The van der Waals surface area contributed by atoms with Gasteiger partial charge in [0.2, 0.25) is 5.91 Å². The number of ether oxygens (including phenoxy) is 2. The van der Waals surface area contributed by atoms with E-state index in [1.54, 1.807) is 0 Å². The minimum atomic E-state index is -0.457. The van der Waals surface area contributed by atoms with E-state index < -0.39 is 5.60 Å². The Balaban J connectivity index is 1.22. The summed E-state index contributed by atoms with van der Waals surface area (Å²) in [6, 6.07) is 4.43. The molecule has 2 spiro atoms. The van der Waals surface area contributed by atoms with E-state index in [0.29, 0.717) is 12.6 Å². The summed E-state index contributed by atoms with van der Waals surface area (Å²) < 4.78 is 13.4. The number of methoxy groups -OCH3 is 1. The molecule has 36 heavy (non-hydrogen) atoms. The number of carbonyl (C=O) groups is 1. The largest absolute Gasteiger partial charge is 0.504 e. The van der Waals surface area contributed by atoms with Gasteiger partial charge in [-0.1, -0.05) is 6.07 Å².